The Kier molecular flexibility index (Phi) is 5.83. The molecule has 128 valence electrons. The average Bonchev–Trinajstić information content (AvgIpc) is 2.65. The van der Waals surface area contributed by atoms with Gasteiger partial charge >= 0.3 is 0 Å². The van der Waals surface area contributed by atoms with Gasteiger partial charge < -0.3 is 15.0 Å². The predicted molar refractivity (Wildman–Crippen MR) is 96.2 cm³/mol. The molecule has 0 aliphatic heterocycles. The first kappa shape index (κ1) is 16.9. The molecule has 0 spiro atoms. The normalized spacial score (nSPS) is 22.2. The average molecular weight is 326 g/mol. The lowest BCUT2D eigenvalue weighted by Gasteiger charge is -2.30. The fourth-order valence-electron chi connectivity index (χ4n) is 3.54. The van der Waals surface area contributed by atoms with Crippen LogP contribution in [0.25, 0.3) is 0 Å². The highest BCUT2D eigenvalue weighted by molar-refractivity contribution is 5.19. The first-order valence-corrected chi connectivity index (χ1v) is 8.81. The highest BCUT2D eigenvalue weighted by Crippen LogP contribution is 2.34. The Labute approximate surface area is 143 Å². The lowest BCUT2D eigenvalue weighted by Crippen LogP contribution is -2.33. The second-order valence-electron chi connectivity index (χ2n) is 6.55. The van der Waals surface area contributed by atoms with E-state index in [1.165, 1.54) is 5.56 Å². The molecular formula is C20H26N2O2. The number of aromatic nitrogens is 1. The summed E-state index contributed by atoms with van der Waals surface area (Å²) in [7, 11) is 0. The lowest BCUT2D eigenvalue weighted by molar-refractivity contribution is 0.00787. The first-order valence-electron chi connectivity index (χ1n) is 8.81. The lowest BCUT2D eigenvalue weighted by atomic mass is 9.83. The molecular weight excluding hydrogens is 300 g/mol. The Hall–Kier alpha value is -1.91. The van der Waals surface area contributed by atoms with E-state index in [9.17, 15) is 4.79 Å². The second kappa shape index (κ2) is 8.27. The number of hydrogen-bond donors (Lipinski definition) is 1. The summed E-state index contributed by atoms with van der Waals surface area (Å²) in [5, 5.41) is 0. The molecule has 0 saturated heterocycles. The van der Waals surface area contributed by atoms with Gasteiger partial charge in [0, 0.05) is 18.8 Å². The van der Waals surface area contributed by atoms with Crippen molar-refractivity contribution in [3.05, 3.63) is 70.6 Å². The third-order valence-electron chi connectivity index (χ3n) is 4.99. The molecule has 4 heteroatoms. The molecule has 4 nitrogen and oxygen atoms in total. The smallest absolute Gasteiger partial charge is 0.250 e. The number of hydrogen-bond acceptors (Lipinski definition) is 3. The van der Waals surface area contributed by atoms with Gasteiger partial charge in [0.05, 0.1) is 18.8 Å². The van der Waals surface area contributed by atoms with Crippen LogP contribution in [0.2, 0.25) is 0 Å². The van der Waals surface area contributed by atoms with E-state index in [2.05, 4.69) is 30.3 Å². The molecule has 1 aliphatic rings. The van der Waals surface area contributed by atoms with E-state index in [1.54, 1.807) is 22.9 Å². The van der Waals surface area contributed by atoms with Gasteiger partial charge in [-0.15, -0.1) is 0 Å². The van der Waals surface area contributed by atoms with Crippen LogP contribution in [-0.2, 0) is 4.74 Å². The fourth-order valence-corrected chi connectivity index (χ4v) is 3.54. The van der Waals surface area contributed by atoms with Crippen LogP contribution in [0.1, 0.15) is 43.2 Å². The number of nitrogens with zero attached hydrogens (tertiary/aromatic N) is 1. The number of rotatable bonds is 6. The molecule has 0 bridgehead atoms. The Morgan fingerprint density at radius 2 is 1.75 bits per heavy atom. The van der Waals surface area contributed by atoms with Crippen LogP contribution in [0, 0.1) is 0 Å². The molecule has 2 aromatic rings. The van der Waals surface area contributed by atoms with Gasteiger partial charge in [0.2, 0.25) is 0 Å². The monoisotopic (exact) mass is 326 g/mol. The van der Waals surface area contributed by atoms with Crippen molar-refractivity contribution in [1.82, 2.24) is 4.57 Å². The first-order chi connectivity index (χ1) is 11.8. The molecule has 1 aliphatic carbocycles. The van der Waals surface area contributed by atoms with E-state index >= 15 is 0 Å². The minimum absolute atomic E-state index is 0.0238. The third-order valence-corrected chi connectivity index (χ3v) is 4.99. The molecule has 1 aromatic carbocycles. The van der Waals surface area contributed by atoms with Crippen molar-refractivity contribution in [2.75, 3.05) is 13.2 Å². The molecule has 1 unspecified atom stereocenters. The van der Waals surface area contributed by atoms with Crippen LogP contribution in [0.5, 0.6) is 0 Å². The number of ether oxygens (including phenoxy) is 1. The largest absolute Gasteiger partial charge is 0.376 e. The SMILES string of the molecule is NCC(COC1CCC(c2ccccc2)CC1)n1ccccc1=O. The molecule has 0 radical (unpaired) electrons. The molecule has 1 fully saturated rings. The van der Waals surface area contributed by atoms with Gasteiger partial charge in [-0.05, 0) is 43.2 Å². The number of benzene rings is 1. The van der Waals surface area contributed by atoms with E-state index in [1.807, 2.05) is 6.07 Å². The zero-order valence-corrected chi connectivity index (χ0v) is 14.0. The molecule has 2 N–H and O–H groups in total. The number of nitrogens with two attached hydrogens (primary N) is 1. The molecule has 1 aromatic heterocycles. The Bertz CT molecular complexity index is 675. The van der Waals surface area contributed by atoms with Gasteiger partial charge in [-0.25, -0.2) is 0 Å². The van der Waals surface area contributed by atoms with Crippen molar-refractivity contribution >= 4 is 0 Å². The fraction of sp³-hybridized carbons (Fsp3) is 0.450. The van der Waals surface area contributed by atoms with Crippen molar-refractivity contribution < 1.29 is 4.74 Å². The quantitative estimate of drug-likeness (QED) is 0.887. The van der Waals surface area contributed by atoms with Gasteiger partial charge in [0.1, 0.15) is 0 Å². The standard InChI is InChI=1S/C20H26N2O2/c21-14-18(22-13-5-4-8-20(22)23)15-24-19-11-9-17(10-12-19)16-6-2-1-3-7-16/h1-8,13,17-19H,9-12,14-15,21H2. The molecule has 1 saturated carbocycles. The van der Waals surface area contributed by atoms with Gasteiger partial charge in [0.15, 0.2) is 0 Å². The van der Waals surface area contributed by atoms with Crippen LogP contribution in [0.4, 0.5) is 0 Å². The summed E-state index contributed by atoms with van der Waals surface area (Å²) in [5.74, 6) is 0.646. The van der Waals surface area contributed by atoms with E-state index in [-0.39, 0.29) is 17.7 Å². The van der Waals surface area contributed by atoms with Gasteiger partial charge in [0.25, 0.3) is 5.56 Å². The molecule has 1 heterocycles. The van der Waals surface area contributed by atoms with Crippen LogP contribution in [-0.4, -0.2) is 23.8 Å². The molecule has 0 amide bonds. The van der Waals surface area contributed by atoms with Crippen LogP contribution >= 0.6 is 0 Å². The summed E-state index contributed by atoms with van der Waals surface area (Å²) in [6, 6.07) is 15.8. The Morgan fingerprint density at radius 1 is 1.04 bits per heavy atom. The summed E-state index contributed by atoms with van der Waals surface area (Å²) in [5.41, 5.74) is 7.26. The summed E-state index contributed by atoms with van der Waals surface area (Å²) in [6.45, 7) is 0.907. The number of pyridine rings is 1. The van der Waals surface area contributed by atoms with Crippen LogP contribution < -0.4 is 11.3 Å². The van der Waals surface area contributed by atoms with Gasteiger partial charge in [-0.3, -0.25) is 4.79 Å². The molecule has 24 heavy (non-hydrogen) atoms. The second-order valence-corrected chi connectivity index (χ2v) is 6.55. The van der Waals surface area contributed by atoms with Crippen molar-refractivity contribution in [1.29, 1.82) is 0 Å². The highest BCUT2D eigenvalue weighted by Gasteiger charge is 2.23. The van der Waals surface area contributed by atoms with Crippen molar-refractivity contribution in [2.24, 2.45) is 5.73 Å². The van der Waals surface area contributed by atoms with Crippen LogP contribution in [0.15, 0.2) is 59.5 Å². The van der Waals surface area contributed by atoms with Crippen molar-refractivity contribution in [2.45, 2.75) is 43.7 Å². The summed E-state index contributed by atoms with van der Waals surface area (Å²) in [4.78, 5) is 11.9. The Balaban J connectivity index is 1.51. The maximum absolute atomic E-state index is 11.9. The van der Waals surface area contributed by atoms with Gasteiger partial charge in [-0.2, -0.15) is 0 Å². The molecule has 1 atom stereocenters. The zero-order chi connectivity index (χ0) is 16.8. The van der Waals surface area contributed by atoms with Crippen molar-refractivity contribution in [3.8, 4) is 0 Å². The van der Waals surface area contributed by atoms with E-state index in [4.69, 9.17) is 10.5 Å². The maximum Gasteiger partial charge on any atom is 0.250 e. The zero-order valence-electron chi connectivity index (χ0n) is 14.0. The van der Waals surface area contributed by atoms with E-state index in [0.29, 0.717) is 19.1 Å². The predicted octanol–water partition coefficient (Wildman–Crippen LogP) is 3.09. The summed E-state index contributed by atoms with van der Waals surface area (Å²) in [6.07, 6.45) is 6.52. The third kappa shape index (κ3) is 4.13. The van der Waals surface area contributed by atoms with Crippen LogP contribution in [0.3, 0.4) is 0 Å². The molecule has 3 rings (SSSR count). The Morgan fingerprint density at radius 3 is 2.42 bits per heavy atom. The summed E-state index contributed by atoms with van der Waals surface area (Å²) >= 11 is 0. The topological polar surface area (TPSA) is 57.2 Å². The highest BCUT2D eigenvalue weighted by atomic mass is 16.5. The minimum Gasteiger partial charge on any atom is -0.376 e. The van der Waals surface area contributed by atoms with Gasteiger partial charge in [-0.1, -0.05) is 36.4 Å². The minimum atomic E-state index is -0.0921. The van der Waals surface area contributed by atoms with Crippen molar-refractivity contribution in [3.63, 3.8) is 0 Å². The summed E-state index contributed by atoms with van der Waals surface area (Å²) < 4.78 is 7.77. The van der Waals surface area contributed by atoms with E-state index in [0.717, 1.165) is 25.7 Å². The van der Waals surface area contributed by atoms with E-state index < -0.39 is 0 Å². The maximum atomic E-state index is 11.9.